The number of thioether (sulfide) groups is 1. The zero-order chi connectivity index (χ0) is 22.7. The molecule has 0 N–H and O–H groups in total. The largest absolute Gasteiger partial charge is 0.495 e. The van der Waals surface area contributed by atoms with Crippen molar-refractivity contribution in [2.75, 3.05) is 19.1 Å². The van der Waals surface area contributed by atoms with Gasteiger partial charge in [-0.3, -0.25) is 14.5 Å². The number of hydrogen-bond acceptors (Lipinski definition) is 6. The lowest BCUT2D eigenvalue weighted by Gasteiger charge is -2.18. The van der Waals surface area contributed by atoms with Gasteiger partial charge in [-0.1, -0.05) is 48.5 Å². The molecule has 4 rings (SSSR count). The lowest BCUT2D eigenvalue weighted by Crippen LogP contribution is -2.30. The van der Waals surface area contributed by atoms with Gasteiger partial charge in [0.25, 0.3) is 11.8 Å². The average molecular weight is 446 g/mol. The van der Waals surface area contributed by atoms with Crippen molar-refractivity contribution in [3.63, 3.8) is 0 Å². The van der Waals surface area contributed by atoms with Crippen LogP contribution in [0.3, 0.4) is 0 Å². The molecule has 0 unspecified atom stereocenters. The van der Waals surface area contributed by atoms with Crippen LogP contribution in [0.15, 0.2) is 82.7 Å². The molecule has 0 aliphatic carbocycles. The molecule has 1 aliphatic heterocycles. The number of rotatable bonds is 4. The molecule has 32 heavy (non-hydrogen) atoms. The van der Waals surface area contributed by atoms with E-state index in [-0.39, 0.29) is 10.1 Å². The van der Waals surface area contributed by atoms with Crippen LogP contribution in [0.1, 0.15) is 10.4 Å². The van der Waals surface area contributed by atoms with Gasteiger partial charge in [-0.25, -0.2) is 4.79 Å². The topological polar surface area (TPSA) is 85.3 Å². The standard InChI is InChI=1S/C24H18N2O5S/c1-30-19-13-6-5-12-18(19)26-23(29)20(14-21(27)31-2)32-24(26)25-22(28)17-11-7-9-15-8-3-4-10-16(15)17/h3-14H,1-2H3/b20-14-,25-24?. The van der Waals surface area contributed by atoms with E-state index in [0.717, 1.165) is 28.6 Å². The Hall–Kier alpha value is -3.91. The fourth-order valence-electron chi connectivity index (χ4n) is 3.30. The molecule has 7 nitrogen and oxygen atoms in total. The van der Waals surface area contributed by atoms with Gasteiger partial charge >= 0.3 is 5.97 Å². The Kier molecular flexibility index (Phi) is 6.04. The summed E-state index contributed by atoms with van der Waals surface area (Å²) in [6, 6.07) is 19.7. The van der Waals surface area contributed by atoms with Crippen LogP contribution in [0.25, 0.3) is 10.8 Å². The average Bonchev–Trinajstić information content (AvgIpc) is 3.12. The van der Waals surface area contributed by atoms with Crippen LogP contribution in [-0.2, 0) is 14.3 Å². The Morgan fingerprint density at radius 1 is 0.969 bits per heavy atom. The van der Waals surface area contributed by atoms with Gasteiger partial charge in [0.1, 0.15) is 5.75 Å². The fourth-order valence-corrected chi connectivity index (χ4v) is 4.23. The molecule has 0 aromatic heterocycles. The molecule has 160 valence electrons. The van der Waals surface area contributed by atoms with Crippen molar-refractivity contribution in [2.24, 2.45) is 4.99 Å². The number of amides is 2. The third-order valence-electron chi connectivity index (χ3n) is 4.80. The summed E-state index contributed by atoms with van der Waals surface area (Å²) in [4.78, 5) is 43.7. The number of carbonyl (C=O) groups excluding carboxylic acids is 3. The van der Waals surface area contributed by atoms with E-state index in [1.54, 1.807) is 36.4 Å². The summed E-state index contributed by atoms with van der Waals surface area (Å²) in [6.07, 6.45) is 1.08. The molecule has 0 atom stereocenters. The maximum atomic E-state index is 13.2. The molecule has 1 fully saturated rings. The number of esters is 1. The highest BCUT2D eigenvalue weighted by Gasteiger charge is 2.37. The molecule has 0 radical (unpaired) electrons. The van der Waals surface area contributed by atoms with Crippen molar-refractivity contribution in [1.29, 1.82) is 0 Å². The maximum absolute atomic E-state index is 13.2. The van der Waals surface area contributed by atoms with E-state index < -0.39 is 17.8 Å². The number of hydrogen-bond donors (Lipinski definition) is 0. The Bertz CT molecular complexity index is 1290. The van der Waals surface area contributed by atoms with Gasteiger partial charge in [0.05, 0.1) is 24.8 Å². The number of nitrogens with zero attached hydrogens (tertiary/aromatic N) is 2. The number of amidine groups is 1. The SMILES string of the molecule is COC(=O)/C=C1\SC(=NC(=O)c2cccc3ccccc23)N(c2ccccc2OC)C1=O. The third-order valence-corrected chi connectivity index (χ3v) is 5.77. The summed E-state index contributed by atoms with van der Waals surface area (Å²) < 4.78 is 10.0. The van der Waals surface area contributed by atoms with Crippen LogP contribution in [0, 0.1) is 0 Å². The molecule has 3 aromatic rings. The second kappa shape index (κ2) is 9.07. The van der Waals surface area contributed by atoms with Crippen LogP contribution < -0.4 is 9.64 Å². The first-order valence-electron chi connectivity index (χ1n) is 9.59. The minimum absolute atomic E-state index is 0.0900. The second-order valence-electron chi connectivity index (χ2n) is 6.67. The summed E-state index contributed by atoms with van der Waals surface area (Å²) >= 11 is 0.923. The molecular formula is C24H18N2O5S. The van der Waals surface area contributed by atoms with Crippen LogP contribution in [0.5, 0.6) is 5.75 Å². The van der Waals surface area contributed by atoms with Gasteiger partial charge in [0, 0.05) is 11.6 Å². The predicted octanol–water partition coefficient (Wildman–Crippen LogP) is 4.18. The van der Waals surface area contributed by atoms with E-state index in [2.05, 4.69) is 9.73 Å². The van der Waals surface area contributed by atoms with Crippen LogP contribution in [-0.4, -0.2) is 37.2 Å². The minimum Gasteiger partial charge on any atom is -0.495 e. The van der Waals surface area contributed by atoms with Crippen molar-refractivity contribution < 1.29 is 23.9 Å². The summed E-state index contributed by atoms with van der Waals surface area (Å²) in [5.41, 5.74) is 0.819. The zero-order valence-corrected chi connectivity index (χ0v) is 18.1. The summed E-state index contributed by atoms with van der Waals surface area (Å²) in [7, 11) is 2.70. The zero-order valence-electron chi connectivity index (χ0n) is 17.3. The highest BCUT2D eigenvalue weighted by molar-refractivity contribution is 8.19. The first-order chi connectivity index (χ1) is 15.5. The number of aliphatic imine (C=N–C) groups is 1. The Morgan fingerprint density at radius 2 is 1.69 bits per heavy atom. The number of para-hydroxylation sites is 2. The maximum Gasteiger partial charge on any atom is 0.331 e. The smallest absolute Gasteiger partial charge is 0.331 e. The van der Waals surface area contributed by atoms with E-state index in [4.69, 9.17) is 4.74 Å². The predicted molar refractivity (Wildman–Crippen MR) is 124 cm³/mol. The lowest BCUT2D eigenvalue weighted by atomic mass is 10.0. The summed E-state index contributed by atoms with van der Waals surface area (Å²) in [6.45, 7) is 0. The molecule has 1 saturated heterocycles. The Balaban J connectivity index is 1.82. The number of fused-ring (bicyclic) bond motifs is 1. The molecule has 1 heterocycles. The second-order valence-corrected chi connectivity index (χ2v) is 7.68. The van der Waals surface area contributed by atoms with Gasteiger partial charge in [0.15, 0.2) is 5.17 Å². The van der Waals surface area contributed by atoms with Crippen molar-refractivity contribution in [2.45, 2.75) is 0 Å². The van der Waals surface area contributed by atoms with Gasteiger partial charge in [-0.2, -0.15) is 4.99 Å². The summed E-state index contributed by atoms with van der Waals surface area (Å²) in [5.74, 6) is -1.26. The fraction of sp³-hybridized carbons (Fsp3) is 0.0833. The van der Waals surface area contributed by atoms with Crippen molar-refractivity contribution in [3.05, 3.63) is 83.3 Å². The quantitative estimate of drug-likeness (QED) is 0.442. The Morgan fingerprint density at radius 3 is 2.47 bits per heavy atom. The lowest BCUT2D eigenvalue weighted by molar-refractivity contribution is -0.135. The molecule has 1 aliphatic rings. The molecule has 2 amide bonds. The third kappa shape index (κ3) is 4.00. The van der Waals surface area contributed by atoms with E-state index in [1.807, 2.05) is 30.3 Å². The van der Waals surface area contributed by atoms with Crippen LogP contribution in [0.2, 0.25) is 0 Å². The molecule has 0 bridgehead atoms. The van der Waals surface area contributed by atoms with Crippen molar-refractivity contribution in [1.82, 2.24) is 0 Å². The number of benzene rings is 3. The monoisotopic (exact) mass is 446 g/mol. The van der Waals surface area contributed by atoms with Gasteiger partial charge < -0.3 is 9.47 Å². The number of carbonyl (C=O) groups is 3. The van der Waals surface area contributed by atoms with Gasteiger partial charge in [0.2, 0.25) is 0 Å². The van der Waals surface area contributed by atoms with Crippen molar-refractivity contribution >= 4 is 51.2 Å². The first kappa shape index (κ1) is 21.3. The molecule has 3 aromatic carbocycles. The van der Waals surface area contributed by atoms with E-state index in [0.29, 0.717) is 17.0 Å². The molecule has 8 heteroatoms. The normalized spacial score (nSPS) is 16.1. The van der Waals surface area contributed by atoms with Crippen molar-refractivity contribution in [3.8, 4) is 5.75 Å². The number of ether oxygens (including phenoxy) is 2. The number of anilines is 1. The van der Waals surface area contributed by atoms with Gasteiger partial charge in [-0.05, 0) is 40.7 Å². The number of methoxy groups -OCH3 is 2. The highest BCUT2D eigenvalue weighted by Crippen LogP contribution is 2.39. The Labute approximate surface area is 188 Å². The summed E-state index contributed by atoms with van der Waals surface area (Å²) in [5, 5.41) is 1.78. The van der Waals surface area contributed by atoms with Crippen LogP contribution >= 0.6 is 11.8 Å². The van der Waals surface area contributed by atoms with E-state index in [1.165, 1.54) is 19.1 Å². The highest BCUT2D eigenvalue weighted by atomic mass is 32.2. The minimum atomic E-state index is -0.678. The molecule has 0 spiro atoms. The van der Waals surface area contributed by atoms with E-state index >= 15 is 0 Å². The van der Waals surface area contributed by atoms with E-state index in [9.17, 15) is 14.4 Å². The first-order valence-corrected chi connectivity index (χ1v) is 10.4. The van der Waals surface area contributed by atoms with Crippen LogP contribution in [0.4, 0.5) is 5.69 Å². The molecular weight excluding hydrogens is 428 g/mol. The van der Waals surface area contributed by atoms with Gasteiger partial charge in [-0.15, -0.1) is 0 Å². The molecule has 0 saturated carbocycles.